The quantitative estimate of drug-likeness (QED) is 0.259. The van der Waals surface area contributed by atoms with Gasteiger partial charge in [-0.05, 0) is 36.8 Å². The van der Waals surface area contributed by atoms with Crippen molar-refractivity contribution in [1.82, 2.24) is 4.98 Å². The van der Waals surface area contributed by atoms with Crippen molar-refractivity contribution in [1.29, 1.82) is 0 Å². The second-order valence-corrected chi connectivity index (χ2v) is 10.8. The van der Waals surface area contributed by atoms with E-state index in [0.29, 0.717) is 37.7 Å². The molecule has 2 aliphatic heterocycles. The minimum atomic E-state index is -0.508. The van der Waals surface area contributed by atoms with E-state index >= 15 is 0 Å². The topological polar surface area (TPSA) is 97.6 Å². The number of nitrogens with one attached hydrogen (secondary N) is 1. The number of aryl methyl sites for hydroxylation is 1. The Balaban J connectivity index is 1.28. The summed E-state index contributed by atoms with van der Waals surface area (Å²) < 4.78 is 6.37. The first-order valence-corrected chi connectivity index (χ1v) is 12.6. The van der Waals surface area contributed by atoms with Gasteiger partial charge in [0.25, 0.3) is 11.6 Å². The second kappa shape index (κ2) is 8.55. The van der Waals surface area contributed by atoms with E-state index in [1.54, 1.807) is 11.3 Å². The van der Waals surface area contributed by atoms with Gasteiger partial charge < -0.3 is 15.0 Å². The molecule has 3 heterocycles. The number of halogens is 1. The van der Waals surface area contributed by atoms with Crippen LogP contribution in [0.5, 0.6) is 0 Å². The summed E-state index contributed by atoms with van der Waals surface area (Å²) in [4.78, 5) is 31.2. The number of carbonyl (C=O) groups excluding carboxylic acids is 1. The van der Waals surface area contributed by atoms with Crippen LogP contribution in [-0.2, 0) is 4.74 Å². The van der Waals surface area contributed by atoms with Crippen molar-refractivity contribution in [2.45, 2.75) is 6.92 Å². The lowest BCUT2D eigenvalue weighted by Crippen LogP contribution is -2.66. The van der Waals surface area contributed by atoms with Crippen molar-refractivity contribution in [3.8, 4) is 10.6 Å². The summed E-state index contributed by atoms with van der Waals surface area (Å²) in [6, 6.07) is 16.4. The molecule has 2 saturated heterocycles. The van der Waals surface area contributed by atoms with Gasteiger partial charge in [0.15, 0.2) is 0 Å². The molecule has 8 nitrogen and oxygen atoms in total. The van der Waals surface area contributed by atoms with E-state index in [2.05, 4.69) is 5.32 Å². The average Bonchev–Trinajstić information content (AvgIpc) is 3.23. The van der Waals surface area contributed by atoms with Crippen LogP contribution in [0.3, 0.4) is 0 Å². The van der Waals surface area contributed by atoms with Crippen LogP contribution in [0, 0.1) is 22.5 Å². The number of nitrogens with zero attached hydrogens (tertiary/aromatic N) is 3. The fraction of sp³-hybridized carbons (Fsp3) is 0.231. The number of rotatable bonds is 5. The third kappa shape index (κ3) is 3.89. The SMILES string of the molecule is Cc1ccc(-c2nc3ccccc3s2)cc1NC(=O)c1cc([N+](=O)[O-])c(N2CC3(COC3)C2)cc1Cl. The van der Waals surface area contributed by atoms with Crippen LogP contribution in [0.15, 0.2) is 54.6 Å². The number of hydrogen-bond donors (Lipinski definition) is 1. The molecule has 0 unspecified atom stereocenters. The largest absolute Gasteiger partial charge is 0.380 e. The number of benzene rings is 3. The van der Waals surface area contributed by atoms with E-state index in [0.717, 1.165) is 26.4 Å². The molecule has 0 atom stereocenters. The van der Waals surface area contributed by atoms with Gasteiger partial charge in [0.1, 0.15) is 10.7 Å². The van der Waals surface area contributed by atoms with E-state index in [-0.39, 0.29) is 21.7 Å². The smallest absolute Gasteiger partial charge is 0.293 e. The number of para-hydroxylation sites is 1. The third-order valence-electron chi connectivity index (χ3n) is 6.74. The molecule has 6 rings (SSSR count). The zero-order chi connectivity index (χ0) is 25.0. The minimum Gasteiger partial charge on any atom is -0.380 e. The number of ether oxygens (including phenoxy) is 1. The number of nitro benzene ring substituents is 1. The first-order valence-electron chi connectivity index (χ1n) is 11.4. The summed E-state index contributed by atoms with van der Waals surface area (Å²) in [6.45, 7) is 4.57. The van der Waals surface area contributed by atoms with Crippen LogP contribution in [-0.4, -0.2) is 42.1 Å². The lowest BCUT2D eigenvalue weighted by molar-refractivity contribution is -0.384. The lowest BCUT2D eigenvalue weighted by atomic mass is 9.77. The van der Waals surface area contributed by atoms with E-state index < -0.39 is 10.8 Å². The molecule has 1 N–H and O–H groups in total. The molecule has 182 valence electrons. The Kier molecular flexibility index (Phi) is 5.44. The van der Waals surface area contributed by atoms with Gasteiger partial charge >= 0.3 is 0 Å². The first kappa shape index (κ1) is 22.9. The van der Waals surface area contributed by atoms with Crippen LogP contribution < -0.4 is 10.2 Å². The van der Waals surface area contributed by atoms with Crippen LogP contribution in [0.2, 0.25) is 5.02 Å². The number of thiazole rings is 1. The highest BCUT2D eigenvalue weighted by Crippen LogP contribution is 2.44. The molecule has 1 aromatic heterocycles. The van der Waals surface area contributed by atoms with Gasteiger partial charge in [-0.2, -0.15) is 0 Å². The molecule has 0 radical (unpaired) electrons. The molecule has 4 aromatic rings. The summed E-state index contributed by atoms with van der Waals surface area (Å²) in [5, 5.41) is 15.8. The molecular weight excluding hydrogens is 500 g/mol. The highest BCUT2D eigenvalue weighted by Gasteiger charge is 2.50. The van der Waals surface area contributed by atoms with Crippen LogP contribution in [0.4, 0.5) is 17.1 Å². The van der Waals surface area contributed by atoms with Crippen molar-refractivity contribution in [2.75, 3.05) is 36.5 Å². The molecule has 1 amide bonds. The predicted octanol–water partition coefficient (Wildman–Crippen LogP) is 5.92. The maximum Gasteiger partial charge on any atom is 0.293 e. The van der Waals surface area contributed by atoms with Gasteiger partial charge in [-0.15, -0.1) is 11.3 Å². The molecular formula is C26H21ClN4O4S. The highest BCUT2D eigenvalue weighted by molar-refractivity contribution is 7.21. The molecule has 36 heavy (non-hydrogen) atoms. The van der Waals surface area contributed by atoms with Gasteiger partial charge in [0.05, 0.1) is 44.4 Å². The molecule has 10 heteroatoms. The maximum atomic E-state index is 13.2. The number of amides is 1. The Morgan fingerprint density at radius 1 is 1.19 bits per heavy atom. The zero-order valence-corrected chi connectivity index (χ0v) is 20.9. The number of hydrogen-bond acceptors (Lipinski definition) is 7. The Bertz CT molecular complexity index is 1510. The second-order valence-electron chi connectivity index (χ2n) is 9.40. The Morgan fingerprint density at radius 3 is 2.67 bits per heavy atom. The molecule has 2 fully saturated rings. The summed E-state index contributed by atoms with van der Waals surface area (Å²) >= 11 is 8.05. The average molecular weight is 521 g/mol. The first-order chi connectivity index (χ1) is 17.3. The van der Waals surface area contributed by atoms with Crippen LogP contribution in [0.25, 0.3) is 20.8 Å². The Labute approximate surface area is 215 Å². The Morgan fingerprint density at radius 2 is 1.97 bits per heavy atom. The third-order valence-corrected chi connectivity index (χ3v) is 8.14. The summed E-state index contributed by atoms with van der Waals surface area (Å²) in [7, 11) is 0. The maximum absolute atomic E-state index is 13.2. The molecule has 0 saturated carbocycles. The standard InChI is InChI=1S/C26H21ClN4O4S/c1-15-6-7-16(25-29-19-4-2-3-5-23(19)36-25)8-20(15)28-24(32)17-9-22(31(33)34)21(10-18(17)27)30-11-26(12-30)13-35-14-26/h2-10H,11-14H2,1H3,(H,28,32). The highest BCUT2D eigenvalue weighted by atomic mass is 35.5. The molecule has 2 aliphatic rings. The van der Waals surface area contributed by atoms with Gasteiger partial charge in [-0.25, -0.2) is 4.98 Å². The van der Waals surface area contributed by atoms with Crippen LogP contribution in [0.1, 0.15) is 15.9 Å². The fourth-order valence-electron chi connectivity index (χ4n) is 4.71. The summed E-state index contributed by atoms with van der Waals surface area (Å²) in [5.41, 5.74) is 3.66. The van der Waals surface area contributed by atoms with Gasteiger partial charge in [0.2, 0.25) is 0 Å². The van der Waals surface area contributed by atoms with Crippen molar-refractivity contribution < 1.29 is 14.5 Å². The number of nitro groups is 1. The number of carbonyl (C=O) groups is 1. The predicted molar refractivity (Wildman–Crippen MR) is 141 cm³/mol. The zero-order valence-electron chi connectivity index (χ0n) is 19.3. The number of fused-ring (bicyclic) bond motifs is 1. The fourth-order valence-corrected chi connectivity index (χ4v) is 5.91. The van der Waals surface area contributed by atoms with E-state index in [4.69, 9.17) is 21.3 Å². The van der Waals surface area contributed by atoms with Crippen molar-refractivity contribution >= 4 is 56.1 Å². The number of aromatic nitrogens is 1. The van der Waals surface area contributed by atoms with Crippen LogP contribution >= 0.6 is 22.9 Å². The Hall–Kier alpha value is -3.53. The van der Waals surface area contributed by atoms with E-state index in [1.165, 1.54) is 12.1 Å². The van der Waals surface area contributed by atoms with E-state index in [9.17, 15) is 14.9 Å². The number of anilines is 2. The minimum absolute atomic E-state index is 0.0547. The molecule has 3 aromatic carbocycles. The van der Waals surface area contributed by atoms with Crippen molar-refractivity contribution in [3.63, 3.8) is 0 Å². The monoisotopic (exact) mass is 520 g/mol. The van der Waals surface area contributed by atoms with Gasteiger partial charge in [-0.1, -0.05) is 35.9 Å². The summed E-state index contributed by atoms with van der Waals surface area (Å²) in [5.74, 6) is -0.508. The van der Waals surface area contributed by atoms with E-state index in [1.807, 2.05) is 54.3 Å². The normalized spacial score (nSPS) is 16.0. The molecule has 0 aliphatic carbocycles. The lowest BCUT2D eigenvalue weighted by Gasteiger charge is -2.55. The van der Waals surface area contributed by atoms with Crippen molar-refractivity contribution in [2.24, 2.45) is 5.41 Å². The van der Waals surface area contributed by atoms with Crippen molar-refractivity contribution in [3.05, 3.63) is 80.9 Å². The molecule has 0 bridgehead atoms. The molecule has 1 spiro atoms. The van der Waals surface area contributed by atoms with Gasteiger partial charge in [0, 0.05) is 30.4 Å². The summed E-state index contributed by atoms with van der Waals surface area (Å²) in [6.07, 6.45) is 0. The van der Waals surface area contributed by atoms with Gasteiger partial charge in [-0.3, -0.25) is 14.9 Å².